The van der Waals surface area contributed by atoms with E-state index in [2.05, 4.69) is 0 Å². The number of carbonyl (C=O) groups excluding carboxylic acids is 2. The van der Waals surface area contributed by atoms with Crippen LogP contribution in [0.3, 0.4) is 0 Å². The van der Waals surface area contributed by atoms with E-state index in [9.17, 15) is 27.6 Å². The van der Waals surface area contributed by atoms with Crippen molar-refractivity contribution in [2.45, 2.75) is 73.3 Å². The Balaban J connectivity index is 2.76. The summed E-state index contributed by atoms with van der Waals surface area (Å²) in [5.41, 5.74) is -2.38. The van der Waals surface area contributed by atoms with Crippen LogP contribution in [-0.2, 0) is 22.3 Å². The molecule has 0 radical (unpaired) electrons. The molecule has 0 aliphatic rings. The average molecular weight is 497 g/mol. The Hall–Kier alpha value is -2.68. The Morgan fingerprint density at radius 1 is 1.06 bits per heavy atom. The molecule has 5 nitrogen and oxygen atoms in total. The number of carbonyl (C=O) groups is 2. The van der Waals surface area contributed by atoms with Gasteiger partial charge in [0.2, 0.25) is 5.91 Å². The summed E-state index contributed by atoms with van der Waals surface area (Å²) in [6.07, 6.45) is -2.13. The van der Waals surface area contributed by atoms with E-state index < -0.39 is 22.7 Å². The summed E-state index contributed by atoms with van der Waals surface area (Å²) >= 11 is 0.896. The van der Waals surface area contributed by atoms with Gasteiger partial charge >= 0.3 is 6.18 Å². The summed E-state index contributed by atoms with van der Waals surface area (Å²) in [6.45, 7) is 12.3. The molecule has 0 N–H and O–H groups in total. The van der Waals surface area contributed by atoms with Crippen LogP contribution >= 0.6 is 11.3 Å². The molecule has 0 saturated heterocycles. The molecule has 1 aromatic heterocycles. The lowest BCUT2D eigenvalue weighted by Crippen LogP contribution is -2.46. The zero-order valence-electron chi connectivity index (χ0n) is 20.5. The normalized spacial score (nSPS) is 13.8. The minimum absolute atomic E-state index is 0.0121. The number of Topliss-reactive ketones (excluding diaryl/α,β-unsaturated/α-hetero) is 1. The number of rotatable bonds is 6. The summed E-state index contributed by atoms with van der Waals surface area (Å²) in [5, 5.41) is 0. The summed E-state index contributed by atoms with van der Waals surface area (Å²) in [5.74, 6) is -0.577. The summed E-state index contributed by atoms with van der Waals surface area (Å²) in [7, 11) is 0. The van der Waals surface area contributed by atoms with E-state index >= 15 is 0 Å². The number of hydrogen-bond acceptors (Lipinski definition) is 4. The highest BCUT2D eigenvalue weighted by Gasteiger charge is 2.32. The van der Waals surface area contributed by atoms with Gasteiger partial charge in [-0.2, -0.15) is 13.2 Å². The van der Waals surface area contributed by atoms with Gasteiger partial charge in [0.1, 0.15) is 11.2 Å². The number of ketones is 1. The van der Waals surface area contributed by atoms with Gasteiger partial charge in [-0.1, -0.05) is 39.0 Å². The number of hydrogen-bond donors (Lipinski definition) is 0. The van der Waals surface area contributed by atoms with Gasteiger partial charge in [-0.25, -0.2) is 0 Å². The van der Waals surface area contributed by atoms with Crippen LogP contribution in [0.4, 0.5) is 13.2 Å². The van der Waals surface area contributed by atoms with Crippen LogP contribution in [0.15, 0.2) is 29.1 Å². The molecule has 0 fully saturated rings. The number of thiazole rings is 1. The van der Waals surface area contributed by atoms with Crippen LogP contribution in [-0.4, -0.2) is 33.2 Å². The fourth-order valence-corrected chi connectivity index (χ4v) is 4.57. The molecule has 1 heterocycles. The second-order valence-corrected chi connectivity index (χ2v) is 10.7. The average Bonchev–Trinajstić information content (AvgIpc) is 2.95. The zero-order chi connectivity index (χ0) is 26.0. The predicted molar refractivity (Wildman–Crippen MR) is 129 cm³/mol. The molecule has 0 bridgehead atoms. The van der Waals surface area contributed by atoms with Crippen molar-refractivity contribution in [3.05, 3.63) is 54.9 Å². The molecule has 186 valence electrons. The Morgan fingerprint density at radius 2 is 1.62 bits per heavy atom. The maximum absolute atomic E-state index is 13.5. The topological polar surface area (TPSA) is 59.4 Å². The second kappa shape index (κ2) is 10.3. The molecule has 0 spiro atoms. The van der Waals surface area contributed by atoms with Gasteiger partial charge < -0.3 is 4.90 Å². The van der Waals surface area contributed by atoms with Gasteiger partial charge in [-0.05, 0) is 45.4 Å². The minimum Gasteiger partial charge on any atom is -0.336 e. The second-order valence-electron chi connectivity index (χ2n) is 9.67. The van der Waals surface area contributed by atoms with Crippen molar-refractivity contribution < 1.29 is 22.8 Å². The standard InChI is InChI=1S/C25H31F3N2O3S/c1-15(2)30(16(3)4)21(32)14-29-22(13-20(31)24(5,6)7)34-19(23(29)33)12-17-10-8-9-11-18(17)25(26,27)28/h8-13,15-16H,14H2,1-7H3/b19-12-,22-13-. The molecule has 2 aromatic rings. The van der Waals surface area contributed by atoms with Crippen molar-refractivity contribution in [2.75, 3.05) is 0 Å². The van der Waals surface area contributed by atoms with Gasteiger partial charge in [-0.3, -0.25) is 19.0 Å². The maximum Gasteiger partial charge on any atom is 0.416 e. The molecule has 0 unspecified atom stereocenters. The molecule has 2 rings (SSSR count). The summed E-state index contributed by atoms with van der Waals surface area (Å²) < 4.78 is 41.8. The molecular formula is C25H31F3N2O3S. The van der Waals surface area contributed by atoms with E-state index in [1.165, 1.54) is 34.9 Å². The first-order chi connectivity index (χ1) is 15.5. The molecule has 1 amide bonds. The monoisotopic (exact) mass is 496 g/mol. The first kappa shape index (κ1) is 27.6. The van der Waals surface area contributed by atoms with Crippen LogP contribution in [0.2, 0.25) is 0 Å². The molecule has 0 aliphatic heterocycles. The lowest BCUT2D eigenvalue weighted by molar-refractivity contribution is -0.138. The lowest BCUT2D eigenvalue weighted by Gasteiger charge is -2.30. The van der Waals surface area contributed by atoms with Gasteiger partial charge in [0.15, 0.2) is 5.78 Å². The highest BCUT2D eigenvalue weighted by Crippen LogP contribution is 2.32. The lowest BCUT2D eigenvalue weighted by atomic mass is 9.91. The van der Waals surface area contributed by atoms with E-state index in [4.69, 9.17) is 0 Å². The fourth-order valence-electron chi connectivity index (χ4n) is 3.53. The van der Waals surface area contributed by atoms with Gasteiger partial charge in [0.05, 0.1) is 10.1 Å². The van der Waals surface area contributed by atoms with Gasteiger partial charge in [0.25, 0.3) is 5.56 Å². The van der Waals surface area contributed by atoms with Crippen LogP contribution in [0.5, 0.6) is 0 Å². The van der Waals surface area contributed by atoms with E-state index in [1.807, 2.05) is 27.7 Å². The highest BCUT2D eigenvalue weighted by molar-refractivity contribution is 7.07. The molecule has 1 aromatic carbocycles. The predicted octanol–water partition coefficient (Wildman–Crippen LogP) is 3.80. The van der Waals surface area contributed by atoms with Crippen molar-refractivity contribution in [3.8, 4) is 0 Å². The van der Waals surface area contributed by atoms with Crippen LogP contribution in [0, 0.1) is 5.41 Å². The molecular weight excluding hydrogens is 465 g/mol. The summed E-state index contributed by atoms with van der Waals surface area (Å²) in [6, 6.07) is 4.72. The van der Waals surface area contributed by atoms with Gasteiger partial charge in [-0.15, -0.1) is 11.3 Å². The molecule has 0 saturated carbocycles. The highest BCUT2D eigenvalue weighted by atomic mass is 32.1. The number of amides is 1. The van der Waals surface area contributed by atoms with Crippen LogP contribution < -0.4 is 14.8 Å². The van der Waals surface area contributed by atoms with Crippen molar-refractivity contribution >= 4 is 35.2 Å². The molecule has 34 heavy (non-hydrogen) atoms. The van der Waals surface area contributed by atoms with Crippen molar-refractivity contribution in [1.29, 1.82) is 0 Å². The first-order valence-electron chi connectivity index (χ1n) is 11.0. The van der Waals surface area contributed by atoms with E-state index in [-0.39, 0.29) is 45.1 Å². The SMILES string of the molecule is CC(C)N(C(=O)Cn1c(=O)/c(=C/c2ccccc2C(F)(F)F)s/c1=C\C(=O)C(C)(C)C)C(C)C. The number of nitrogens with zero attached hydrogens (tertiary/aromatic N) is 2. The van der Waals surface area contributed by atoms with E-state index in [1.54, 1.807) is 25.7 Å². The van der Waals surface area contributed by atoms with E-state index in [0.29, 0.717) is 0 Å². The number of alkyl halides is 3. The van der Waals surface area contributed by atoms with Gasteiger partial charge in [0, 0.05) is 23.6 Å². The van der Waals surface area contributed by atoms with Crippen LogP contribution in [0.1, 0.15) is 59.6 Å². The third-order valence-electron chi connectivity index (χ3n) is 5.18. The van der Waals surface area contributed by atoms with Crippen molar-refractivity contribution in [1.82, 2.24) is 9.47 Å². The zero-order valence-corrected chi connectivity index (χ0v) is 21.3. The maximum atomic E-state index is 13.5. The third kappa shape index (κ3) is 6.46. The number of halogens is 3. The molecule has 9 heteroatoms. The largest absolute Gasteiger partial charge is 0.416 e. The summed E-state index contributed by atoms with van der Waals surface area (Å²) in [4.78, 5) is 40.6. The fraction of sp³-hybridized carbons (Fsp3) is 0.480. The first-order valence-corrected chi connectivity index (χ1v) is 11.8. The molecule has 0 aliphatic carbocycles. The Labute approximate surface area is 201 Å². The van der Waals surface area contributed by atoms with Crippen LogP contribution in [0.25, 0.3) is 12.2 Å². The Bertz CT molecular complexity index is 1220. The third-order valence-corrected chi connectivity index (χ3v) is 6.24. The Morgan fingerprint density at radius 3 is 2.12 bits per heavy atom. The van der Waals surface area contributed by atoms with E-state index in [0.717, 1.165) is 17.4 Å². The number of aromatic nitrogens is 1. The minimum atomic E-state index is -4.59. The quantitative estimate of drug-likeness (QED) is 0.611. The van der Waals surface area contributed by atoms with Crippen molar-refractivity contribution in [3.63, 3.8) is 0 Å². The van der Waals surface area contributed by atoms with Crippen molar-refractivity contribution in [2.24, 2.45) is 5.41 Å². The molecule has 0 atom stereocenters. The smallest absolute Gasteiger partial charge is 0.336 e. The number of benzene rings is 1. The Kier molecular flexibility index (Phi) is 8.35.